The van der Waals surface area contributed by atoms with Crippen molar-refractivity contribution < 1.29 is 9.53 Å². The van der Waals surface area contributed by atoms with Crippen LogP contribution >= 0.6 is 0 Å². The molecule has 1 aromatic rings. The van der Waals surface area contributed by atoms with Crippen LogP contribution in [0.5, 0.6) is 0 Å². The van der Waals surface area contributed by atoms with Crippen molar-refractivity contribution in [1.82, 2.24) is 0 Å². The van der Waals surface area contributed by atoms with E-state index in [0.717, 1.165) is 12.8 Å². The number of carbonyl (C=O) groups is 1. The summed E-state index contributed by atoms with van der Waals surface area (Å²) in [6.45, 7) is 2.07. The zero-order valence-corrected chi connectivity index (χ0v) is 8.82. The van der Waals surface area contributed by atoms with E-state index < -0.39 is 0 Å². The van der Waals surface area contributed by atoms with Gasteiger partial charge in [0, 0.05) is 5.92 Å². The van der Waals surface area contributed by atoms with Gasteiger partial charge in [-0.05, 0) is 30.9 Å². The van der Waals surface area contributed by atoms with E-state index in [9.17, 15) is 4.79 Å². The van der Waals surface area contributed by atoms with E-state index in [2.05, 4.69) is 25.1 Å². The third-order valence-electron chi connectivity index (χ3n) is 3.78. The third kappa shape index (κ3) is 1.21. The number of hydrogen-bond donors (Lipinski definition) is 0. The Hall–Kier alpha value is -1.31. The summed E-state index contributed by atoms with van der Waals surface area (Å²) in [6, 6.07) is 8.42. The summed E-state index contributed by atoms with van der Waals surface area (Å²) in [6.07, 6.45) is 2.53. The lowest BCUT2D eigenvalue weighted by molar-refractivity contribution is -0.148. The first-order valence-electron chi connectivity index (χ1n) is 5.49. The summed E-state index contributed by atoms with van der Waals surface area (Å²) >= 11 is 0. The van der Waals surface area contributed by atoms with Gasteiger partial charge >= 0.3 is 5.97 Å². The molecule has 1 saturated heterocycles. The molecular weight excluding hydrogens is 188 g/mol. The molecule has 1 heterocycles. The molecule has 0 amide bonds. The Morgan fingerprint density at radius 3 is 3.07 bits per heavy atom. The molecule has 2 aliphatic rings. The van der Waals surface area contributed by atoms with Gasteiger partial charge in [0.25, 0.3) is 0 Å². The molecule has 0 bridgehead atoms. The second kappa shape index (κ2) is 2.84. The van der Waals surface area contributed by atoms with Crippen LogP contribution in [0.4, 0.5) is 0 Å². The van der Waals surface area contributed by atoms with E-state index in [4.69, 9.17) is 4.74 Å². The number of fused-ring (bicyclic) bond motifs is 3. The van der Waals surface area contributed by atoms with Crippen LogP contribution in [0, 0.1) is 0 Å². The highest BCUT2D eigenvalue weighted by atomic mass is 16.6. The van der Waals surface area contributed by atoms with Crippen molar-refractivity contribution in [2.45, 2.75) is 37.7 Å². The second-order valence-corrected chi connectivity index (χ2v) is 4.74. The van der Waals surface area contributed by atoms with Crippen molar-refractivity contribution in [3.63, 3.8) is 0 Å². The smallest absolute Gasteiger partial charge is 0.307 e. The van der Waals surface area contributed by atoms with Crippen LogP contribution in [0.3, 0.4) is 0 Å². The first-order chi connectivity index (χ1) is 7.19. The van der Waals surface area contributed by atoms with Crippen LogP contribution in [0.1, 0.15) is 36.8 Å². The molecule has 0 spiro atoms. The van der Waals surface area contributed by atoms with Gasteiger partial charge in [0.15, 0.2) is 0 Å². The molecule has 0 unspecified atom stereocenters. The van der Waals surface area contributed by atoms with E-state index in [0.29, 0.717) is 6.42 Å². The van der Waals surface area contributed by atoms with Gasteiger partial charge in [-0.2, -0.15) is 0 Å². The van der Waals surface area contributed by atoms with Gasteiger partial charge in [0.1, 0.15) is 5.60 Å². The molecule has 2 heteroatoms. The zero-order valence-electron chi connectivity index (χ0n) is 8.82. The molecule has 0 N–H and O–H groups in total. The lowest BCUT2D eigenvalue weighted by Crippen LogP contribution is -2.34. The Labute approximate surface area is 89.2 Å². The van der Waals surface area contributed by atoms with Gasteiger partial charge in [0.2, 0.25) is 0 Å². The van der Waals surface area contributed by atoms with Crippen molar-refractivity contribution in [1.29, 1.82) is 0 Å². The largest absolute Gasteiger partial charge is 0.459 e. The van der Waals surface area contributed by atoms with Gasteiger partial charge in [-0.15, -0.1) is 0 Å². The van der Waals surface area contributed by atoms with Crippen molar-refractivity contribution in [3.05, 3.63) is 35.4 Å². The standard InChI is InChI=1S/C13H14O2/c1-13-7-6-9-4-2-3-5-10(9)11(13)8-12(14)15-13/h2-5,11H,6-8H2,1H3/t11-,13-/m1/s1. The molecule has 0 radical (unpaired) electrons. The summed E-state index contributed by atoms with van der Waals surface area (Å²) in [4.78, 5) is 11.4. The molecule has 2 atom stereocenters. The van der Waals surface area contributed by atoms with Crippen LogP contribution in [-0.4, -0.2) is 11.6 Å². The number of aryl methyl sites for hydroxylation is 1. The maximum Gasteiger partial charge on any atom is 0.307 e. The van der Waals surface area contributed by atoms with E-state index >= 15 is 0 Å². The lowest BCUT2D eigenvalue weighted by Gasteiger charge is -2.35. The van der Waals surface area contributed by atoms with Crippen molar-refractivity contribution in [3.8, 4) is 0 Å². The second-order valence-electron chi connectivity index (χ2n) is 4.74. The fourth-order valence-electron chi connectivity index (χ4n) is 2.90. The Morgan fingerprint density at radius 1 is 1.40 bits per heavy atom. The Bertz CT molecular complexity index is 424. The van der Waals surface area contributed by atoms with E-state index in [1.165, 1.54) is 11.1 Å². The number of esters is 1. The summed E-state index contributed by atoms with van der Waals surface area (Å²) in [5, 5.41) is 0. The SMILES string of the molecule is C[C@@]12CCc3ccccc3[C@H]1CC(=O)O2. The van der Waals surface area contributed by atoms with Gasteiger partial charge < -0.3 is 4.74 Å². The summed E-state index contributed by atoms with van der Waals surface area (Å²) in [5.74, 6) is 0.231. The predicted molar refractivity (Wildman–Crippen MR) is 56.6 cm³/mol. The number of ether oxygens (including phenoxy) is 1. The van der Waals surface area contributed by atoms with Gasteiger partial charge in [-0.1, -0.05) is 24.3 Å². The van der Waals surface area contributed by atoms with Crippen LogP contribution in [0.25, 0.3) is 0 Å². The summed E-state index contributed by atoms with van der Waals surface area (Å²) < 4.78 is 5.47. The highest BCUT2D eigenvalue weighted by Gasteiger charge is 2.48. The molecular formula is C13H14O2. The van der Waals surface area contributed by atoms with E-state index in [1.54, 1.807) is 0 Å². The zero-order chi connectivity index (χ0) is 10.5. The molecule has 1 aromatic carbocycles. The molecule has 1 fully saturated rings. The average Bonchev–Trinajstić information content (AvgIpc) is 2.53. The van der Waals surface area contributed by atoms with Gasteiger partial charge in [-0.25, -0.2) is 0 Å². The fourth-order valence-corrected chi connectivity index (χ4v) is 2.90. The normalized spacial score (nSPS) is 33.1. The van der Waals surface area contributed by atoms with Crippen LogP contribution in [-0.2, 0) is 16.0 Å². The Kier molecular flexibility index (Phi) is 1.70. The molecule has 0 saturated carbocycles. The van der Waals surface area contributed by atoms with Crippen molar-refractivity contribution in [2.75, 3.05) is 0 Å². The minimum absolute atomic E-state index is 0.0424. The first kappa shape index (κ1) is 8.96. The van der Waals surface area contributed by atoms with Gasteiger partial charge in [-0.3, -0.25) is 4.79 Å². The lowest BCUT2D eigenvalue weighted by atomic mass is 9.73. The van der Waals surface area contributed by atoms with Crippen LogP contribution in [0.15, 0.2) is 24.3 Å². The maximum atomic E-state index is 11.4. The Morgan fingerprint density at radius 2 is 2.20 bits per heavy atom. The number of carbonyl (C=O) groups excluding carboxylic acids is 1. The highest BCUT2D eigenvalue weighted by molar-refractivity contribution is 5.75. The maximum absolute atomic E-state index is 11.4. The summed E-state index contributed by atoms with van der Waals surface area (Å²) in [7, 11) is 0. The molecule has 15 heavy (non-hydrogen) atoms. The Balaban J connectivity index is 2.11. The predicted octanol–water partition coefficient (Wildman–Crippen LogP) is 2.42. The molecule has 1 aliphatic carbocycles. The monoisotopic (exact) mass is 202 g/mol. The summed E-state index contributed by atoms with van der Waals surface area (Å²) in [5.41, 5.74) is 2.46. The van der Waals surface area contributed by atoms with Crippen molar-refractivity contribution in [2.24, 2.45) is 0 Å². The number of hydrogen-bond acceptors (Lipinski definition) is 2. The third-order valence-corrected chi connectivity index (χ3v) is 3.78. The number of benzene rings is 1. The minimum atomic E-state index is -0.245. The molecule has 2 nitrogen and oxygen atoms in total. The van der Waals surface area contributed by atoms with Crippen LogP contribution < -0.4 is 0 Å². The van der Waals surface area contributed by atoms with E-state index in [-0.39, 0.29) is 17.5 Å². The van der Waals surface area contributed by atoms with E-state index in [1.807, 2.05) is 6.07 Å². The van der Waals surface area contributed by atoms with Gasteiger partial charge in [0.05, 0.1) is 6.42 Å². The molecule has 78 valence electrons. The van der Waals surface area contributed by atoms with Crippen molar-refractivity contribution >= 4 is 5.97 Å². The molecule has 3 rings (SSSR count). The quantitative estimate of drug-likeness (QED) is 0.604. The number of rotatable bonds is 0. The minimum Gasteiger partial charge on any atom is -0.459 e. The fraction of sp³-hybridized carbons (Fsp3) is 0.462. The van der Waals surface area contributed by atoms with Crippen LogP contribution in [0.2, 0.25) is 0 Å². The molecule has 1 aliphatic heterocycles. The average molecular weight is 202 g/mol. The highest BCUT2D eigenvalue weighted by Crippen LogP contribution is 2.47. The molecule has 0 aromatic heterocycles. The topological polar surface area (TPSA) is 26.3 Å². The first-order valence-corrected chi connectivity index (χ1v) is 5.49.